The van der Waals surface area contributed by atoms with Crippen molar-refractivity contribution in [3.63, 3.8) is 0 Å². The summed E-state index contributed by atoms with van der Waals surface area (Å²) in [5, 5.41) is 29.2. The van der Waals surface area contributed by atoms with Crippen LogP contribution in [0.15, 0.2) is 77.9 Å². The molecule has 3 aromatic carbocycles. The van der Waals surface area contributed by atoms with Crippen molar-refractivity contribution in [1.82, 2.24) is 10.7 Å². The predicted molar refractivity (Wildman–Crippen MR) is 141 cm³/mol. The maximum atomic E-state index is 12.9. The number of carbonyl (C=O) groups excluding carboxylic acids is 2. The van der Waals surface area contributed by atoms with E-state index < -0.39 is 39.1 Å². The van der Waals surface area contributed by atoms with Gasteiger partial charge in [-0.05, 0) is 11.6 Å². The van der Waals surface area contributed by atoms with Gasteiger partial charge in [0.15, 0.2) is 0 Å². The van der Waals surface area contributed by atoms with E-state index >= 15 is 0 Å². The Balaban J connectivity index is 1.77. The van der Waals surface area contributed by atoms with Gasteiger partial charge in [0.1, 0.15) is 6.04 Å². The van der Waals surface area contributed by atoms with Gasteiger partial charge in [-0.2, -0.15) is 16.9 Å². The van der Waals surface area contributed by atoms with Crippen molar-refractivity contribution < 1.29 is 19.4 Å². The second kappa shape index (κ2) is 13.1. The lowest BCUT2D eigenvalue weighted by molar-refractivity contribution is -0.394. The zero-order valence-corrected chi connectivity index (χ0v) is 20.6. The van der Waals surface area contributed by atoms with Gasteiger partial charge in [-0.25, -0.2) is 5.43 Å². The Morgan fingerprint density at radius 1 is 0.973 bits per heavy atom. The number of benzene rings is 3. The Bertz CT molecular complexity index is 1310. The lowest BCUT2D eigenvalue weighted by Crippen LogP contribution is -2.47. The maximum absolute atomic E-state index is 12.9. The average Bonchev–Trinajstić information content (AvgIpc) is 2.89. The van der Waals surface area contributed by atoms with Crippen LogP contribution in [0.3, 0.4) is 0 Å². The van der Waals surface area contributed by atoms with Crippen molar-refractivity contribution in [1.29, 1.82) is 0 Å². The zero-order valence-electron chi connectivity index (χ0n) is 19.1. The van der Waals surface area contributed by atoms with Gasteiger partial charge in [0.2, 0.25) is 0 Å². The minimum absolute atomic E-state index is 0.130. The first-order chi connectivity index (χ1) is 17.7. The summed E-state index contributed by atoms with van der Waals surface area (Å²) in [5.41, 5.74) is 2.35. The van der Waals surface area contributed by atoms with E-state index in [0.29, 0.717) is 16.3 Å². The Morgan fingerprint density at radius 2 is 1.59 bits per heavy atom. The number of halogens is 1. The number of nitrogens with zero attached hydrogens (tertiary/aromatic N) is 3. The molecule has 37 heavy (non-hydrogen) atoms. The van der Waals surface area contributed by atoms with Gasteiger partial charge in [0, 0.05) is 34.2 Å². The lowest BCUT2D eigenvalue weighted by Gasteiger charge is -2.17. The van der Waals surface area contributed by atoms with E-state index in [2.05, 4.69) is 15.8 Å². The summed E-state index contributed by atoms with van der Waals surface area (Å²) in [6, 6.07) is 17.8. The number of thioether (sulfide) groups is 1. The van der Waals surface area contributed by atoms with E-state index in [1.54, 1.807) is 24.3 Å². The molecular formula is C24H20ClN5O6S. The predicted octanol–water partition coefficient (Wildman–Crippen LogP) is 4.34. The van der Waals surface area contributed by atoms with Crippen LogP contribution >= 0.6 is 23.4 Å². The molecule has 11 nitrogen and oxygen atoms in total. The van der Waals surface area contributed by atoms with Crippen molar-refractivity contribution in [2.75, 3.05) is 5.75 Å². The molecule has 190 valence electrons. The number of carbonyl (C=O) groups is 2. The van der Waals surface area contributed by atoms with Crippen LogP contribution in [0.2, 0.25) is 5.02 Å². The number of nitrogens with one attached hydrogen (secondary N) is 2. The summed E-state index contributed by atoms with van der Waals surface area (Å²) < 4.78 is 0. The largest absolute Gasteiger partial charge is 0.339 e. The average molecular weight is 542 g/mol. The van der Waals surface area contributed by atoms with Crippen LogP contribution in [0, 0.1) is 20.2 Å². The first kappa shape index (κ1) is 27.3. The fourth-order valence-corrected chi connectivity index (χ4v) is 4.25. The minimum Gasteiger partial charge on any atom is -0.339 e. The van der Waals surface area contributed by atoms with Gasteiger partial charge in [-0.1, -0.05) is 60.1 Å². The number of hydrazone groups is 1. The second-order valence-corrected chi connectivity index (χ2v) is 8.97. The van der Waals surface area contributed by atoms with Crippen molar-refractivity contribution >= 4 is 52.8 Å². The molecule has 0 bridgehead atoms. The highest BCUT2D eigenvalue weighted by atomic mass is 35.5. The van der Waals surface area contributed by atoms with E-state index in [1.165, 1.54) is 18.0 Å². The third-order valence-electron chi connectivity index (χ3n) is 4.89. The van der Waals surface area contributed by atoms with Crippen molar-refractivity contribution in [2.45, 2.75) is 11.8 Å². The molecular weight excluding hydrogens is 522 g/mol. The van der Waals surface area contributed by atoms with Gasteiger partial charge < -0.3 is 5.32 Å². The molecule has 2 amide bonds. The molecule has 0 spiro atoms. The summed E-state index contributed by atoms with van der Waals surface area (Å²) in [7, 11) is 0. The molecule has 0 aromatic heterocycles. The van der Waals surface area contributed by atoms with Gasteiger partial charge in [-0.3, -0.25) is 29.8 Å². The molecule has 3 rings (SSSR count). The SMILES string of the molecule is O=C(N[C@@H](CSCc1ccccc1)C(=O)N/N=C\c1ccccc1Cl)c1cc([N+](=O)[O-])cc([N+](=O)[O-])c1. The first-order valence-corrected chi connectivity index (χ1v) is 12.2. The monoisotopic (exact) mass is 541 g/mol. The Labute approximate surface area is 220 Å². The highest BCUT2D eigenvalue weighted by molar-refractivity contribution is 7.98. The number of non-ortho nitro benzene ring substituents is 2. The summed E-state index contributed by atoms with van der Waals surface area (Å²) in [5.74, 6) is -0.865. The molecule has 0 fully saturated rings. The van der Waals surface area contributed by atoms with Gasteiger partial charge in [-0.15, -0.1) is 0 Å². The Morgan fingerprint density at radius 3 is 2.22 bits per heavy atom. The molecule has 0 aliphatic rings. The van der Waals surface area contributed by atoms with Gasteiger partial charge in [0.05, 0.1) is 27.7 Å². The third-order valence-corrected chi connectivity index (χ3v) is 6.34. The highest BCUT2D eigenvalue weighted by Crippen LogP contribution is 2.23. The van der Waals surface area contributed by atoms with Crippen molar-refractivity contribution in [2.24, 2.45) is 5.10 Å². The normalized spacial score (nSPS) is 11.6. The van der Waals surface area contributed by atoms with Crippen LogP contribution in [0.1, 0.15) is 21.5 Å². The van der Waals surface area contributed by atoms with Crippen LogP contribution in [0.5, 0.6) is 0 Å². The topological polar surface area (TPSA) is 157 Å². The summed E-state index contributed by atoms with van der Waals surface area (Å²) in [4.78, 5) is 46.4. The zero-order chi connectivity index (χ0) is 26.8. The molecule has 2 N–H and O–H groups in total. The molecule has 0 unspecified atom stereocenters. The van der Waals surface area contributed by atoms with Crippen LogP contribution in [-0.4, -0.2) is 39.7 Å². The van der Waals surface area contributed by atoms with E-state index in [1.807, 2.05) is 30.3 Å². The minimum atomic E-state index is -1.11. The number of nitro benzene ring substituents is 2. The molecule has 0 aliphatic carbocycles. The number of nitro groups is 2. The van der Waals surface area contributed by atoms with Crippen molar-refractivity contribution in [3.05, 3.63) is 115 Å². The van der Waals surface area contributed by atoms with E-state index in [9.17, 15) is 29.8 Å². The highest BCUT2D eigenvalue weighted by Gasteiger charge is 2.25. The summed E-state index contributed by atoms with van der Waals surface area (Å²) in [6.45, 7) is 0. The number of amides is 2. The number of hydrogen-bond donors (Lipinski definition) is 2. The first-order valence-electron chi connectivity index (χ1n) is 10.7. The molecule has 0 saturated heterocycles. The summed E-state index contributed by atoms with van der Waals surface area (Å²) in [6.07, 6.45) is 1.35. The molecule has 0 radical (unpaired) electrons. The van der Waals surface area contributed by atoms with Gasteiger partial charge >= 0.3 is 0 Å². The van der Waals surface area contributed by atoms with E-state index in [-0.39, 0.29) is 11.3 Å². The molecule has 13 heteroatoms. The smallest absolute Gasteiger partial charge is 0.277 e. The van der Waals surface area contributed by atoms with Crippen LogP contribution < -0.4 is 10.7 Å². The standard InChI is InChI=1S/C24H20ClN5O6S/c25-21-9-5-4-8-17(21)13-26-28-24(32)22(15-37-14-16-6-2-1-3-7-16)27-23(31)18-10-19(29(33)34)12-20(11-18)30(35)36/h1-13,22H,14-15H2,(H,27,31)(H,28,32)/b26-13-/t22-/m0/s1. The van der Waals surface area contributed by atoms with Crippen molar-refractivity contribution in [3.8, 4) is 0 Å². The molecule has 3 aromatic rings. The molecule has 1 atom stereocenters. The Kier molecular flexibility index (Phi) is 9.69. The van der Waals surface area contributed by atoms with E-state index in [4.69, 9.17) is 11.6 Å². The fraction of sp³-hybridized carbons (Fsp3) is 0.125. The van der Waals surface area contributed by atoms with E-state index in [0.717, 1.165) is 23.8 Å². The van der Waals surface area contributed by atoms with Crippen LogP contribution in [0.25, 0.3) is 0 Å². The molecule has 0 heterocycles. The number of rotatable bonds is 11. The third kappa shape index (κ3) is 8.12. The van der Waals surface area contributed by atoms with Crippen LogP contribution in [0.4, 0.5) is 11.4 Å². The second-order valence-electron chi connectivity index (χ2n) is 7.53. The molecule has 0 aliphatic heterocycles. The fourth-order valence-electron chi connectivity index (χ4n) is 3.05. The quantitative estimate of drug-likeness (QED) is 0.207. The van der Waals surface area contributed by atoms with Crippen LogP contribution in [-0.2, 0) is 10.5 Å². The maximum Gasteiger partial charge on any atom is 0.277 e. The number of hydrogen-bond acceptors (Lipinski definition) is 8. The summed E-state index contributed by atoms with van der Waals surface area (Å²) >= 11 is 7.44. The Hall–Kier alpha value is -4.29. The van der Waals surface area contributed by atoms with Gasteiger partial charge in [0.25, 0.3) is 23.2 Å². The molecule has 0 saturated carbocycles. The lowest BCUT2D eigenvalue weighted by atomic mass is 10.1.